The lowest BCUT2D eigenvalue weighted by atomic mass is 10.8. The van der Waals surface area contributed by atoms with Gasteiger partial charge in [0.2, 0.25) is 0 Å². The van der Waals surface area contributed by atoms with Crippen LogP contribution in [0.25, 0.3) is 0 Å². The highest BCUT2D eigenvalue weighted by Gasteiger charge is 1.87. The topological polar surface area (TPSA) is 65.2 Å². The van der Waals surface area contributed by atoms with Crippen molar-refractivity contribution in [1.82, 2.24) is 0 Å². The number of oxime groups is 2. The molecule has 0 unspecified atom stereocenters. The van der Waals surface area contributed by atoms with E-state index in [0.29, 0.717) is 0 Å². The largest absolute Gasteiger partial charge is 0.411 e. The maximum Gasteiger partial charge on any atom is 0.157 e. The molecular formula is C3H6N2O2S. The van der Waals surface area contributed by atoms with Crippen molar-refractivity contribution >= 4 is 23.0 Å². The fraction of sp³-hybridized carbons (Fsp3) is 0.333. The molecule has 0 spiro atoms. The summed E-state index contributed by atoms with van der Waals surface area (Å²) in [5, 5.41) is 21.6. The lowest BCUT2D eigenvalue weighted by Gasteiger charge is -1.84. The molecule has 8 heavy (non-hydrogen) atoms. The highest BCUT2D eigenvalue weighted by atomic mass is 32.2. The number of nitrogens with zero attached hydrogens (tertiary/aromatic N) is 2. The molecule has 46 valence electrons. The predicted octanol–water partition coefficient (Wildman–Crippen LogP) is 0.597. The first-order chi connectivity index (χ1) is 3.85. The van der Waals surface area contributed by atoms with Gasteiger partial charge in [-0.05, 0) is 6.26 Å². The minimum absolute atomic E-state index is 0.271. The predicted molar refractivity (Wildman–Crippen MR) is 33.0 cm³/mol. The van der Waals surface area contributed by atoms with Crippen molar-refractivity contribution in [2.24, 2.45) is 10.3 Å². The van der Waals surface area contributed by atoms with E-state index in [4.69, 9.17) is 10.4 Å². The standard InChI is InChI=1S/C3H6N2O2S/c1-8-3(5-7)2-4-6/h2,6-7H,1H3/b4-2+,5-3+. The molecule has 0 aromatic rings. The van der Waals surface area contributed by atoms with Gasteiger partial charge < -0.3 is 10.4 Å². The minimum Gasteiger partial charge on any atom is -0.411 e. The Kier molecular flexibility index (Phi) is 4.05. The van der Waals surface area contributed by atoms with Gasteiger partial charge in [-0.15, -0.1) is 11.8 Å². The quantitative estimate of drug-likeness (QED) is 0.239. The normalized spacial score (nSPS) is 12.9. The van der Waals surface area contributed by atoms with Crippen LogP contribution >= 0.6 is 11.8 Å². The molecule has 0 atom stereocenters. The Morgan fingerprint density at radius 3 is 2.38 bits per heavy atom. The third-order valence-corrected chi connectivity index (χ3v) is 1.08. The highest BCUT2D eigenvalue weighted by Crippen LogP contribution is 1.92. The van der Waals surface area contributed by atoms with Crippen LogP contribution in [-0.2, 0) is 0 Å². The van der Waals surface area contributed by atoms with Crippen molar-refractivity contribution < 1.29 is 10.4 Å². The van der Waals surface area contributed by atoms with E-state index in [2.05, 4.69) is 10.3 Å². The highest BCUT2D eigenvalue weighted by molar-refractivity contribution is 8.14. The molecule has 0 aromatic carbocycles. The number of rotatable bonds is 1. The summed E-state index contributed by atoms with van der Waals surface area (Å²) in [5.74, 6) is 0. The van der Waals surface area contributed by atoms with Gasteiger partial charge in [0.05, 0.1) is 0 Å². The second-order valence-corrected chi connectivity index (χ2v) is 1.71. The first-order valence-electron chi connectivity index (χ1n) is 1.78. The van der Waals surface area contributed by atoms with Gasteiger partial charge in [0.15, 0.2) is 5.04 Å². The van der Waals surface area contributed by atoms with Crippen LogP contribution in [0.3, 0.4) is 0 Å². The molecule has 0 fully saturated rings. The summed E-state index contributed by atoms with van der Waals surface area (Å²) in [4.78, 5) is 0. The van der Waals surface area contributed by atoms with E-state index < -0.39 is 0 Å². The van der Waals surface area contributed by atoms with E-state index >= 15 is 0 Å². The van der Waals surface area contributed by atoms with Crippen molar-refractivity contribution in [3.63, 3.8) is 0 Å². The van der Waals surface area contributed by atoms with E-state index in [9.17, 15) is 0 Å². The molecule has 2 N–H and O–H groups in total. The Hall–Kier alpha value is -0.710. The number of hydrogen-bond acceptors (Lipinski definition) is 5. The second kappa shape index (κ2) is 4.45. The van der Waals surface area contributed by atoms with Crippen LogP contribution < -0.4 is 0 Å². The fourth-order valence-electron chi connectivity index (χ4n) is 0.169. The van der Waals surface area contributed by atoms with Crippen molar-refractivity contribution in [3.8, 4) is 0 Å². The molecule has 0 aliphatic rings. The summed E-state index contributed by atoms with van der Waals surface area (Å²) in [6.07, 6.45) is 2.75. The molecule has 0 aliphatic carbocycles. The van der Waals surface area contributed by atoms with Crippen LogP contribution in [0.4, 0.5) is 0 Å². The van der Waals surface area contributed by atoms with Gasteiger partial charge in [-0.25, -0.2) is 0 Å². The average molecular weight is 134 g/mol. The van der Waals surface area contributed by atoms with E-state index in [1.807, 2.05) is 0 Å². The molecule has 4 nitrogen and oxygen atoms in total. The molecule has 0 bridgehead atoms. The number of thioether (sulfide) groups is 1. The van der Waals surface area contributed by atoms with E-state index in [1.54, 1.807) is 6.26 Å². The zero-order valence-corrected chi connectivity index (χ0v) is 5.09. The molecule has 0 aromatic heterocycles. The van der Waals surface area contributed by atoms with E-state index in [0.717, 1.165) is 6.21 Å². The van der Waals surface area contributed by atoms with Crippen molar-refractivity contribution in [3.05, 3.63) is 0 Å². The molecule has 5 heteroatoms. The number of hydrogen-bond donors (Lipinski definition) is 2. The van der Waals surface area contributed by atoms with Gasteiger partial charge in [0.1, 0.15) is 6.21 Å². The van der Waals surface area contributed by atoms with Gasteiger partial charge in [-0.1, -0.05) is 10.3 Å². The molecule has 0 radical (unpaired) electrons. The Balaban J connectivity index is 3.72. The molecule has 0 saturated carbocycles. The lowest BCUT2D eigenvalue weighted by Crippen LogP contribution is -1.90. The molecule has 0 saturated heterocycles. The molecular weight excluding hydrogens is 128 g/mol. The fourth-order valence-corrected chi connectivity index (χ4v) is 0.403. The monoisotopic (exact) mass is 134 g/mol. The third-order valence-electron chi connectivity index (χ3n) is 0.476. The van der Waals surface area contributed by atoms with Crippen LogP contribution in [0.1, 0.15) is 0 Å². The van der Waals surface area contributed by atoms with Gasteiger partial charge in [-0.2, -0.15) is 0 Å². The van der Waals surface area contributed by atoms with Crippen LogP contribution in [0.2, 0.25) is 0 Å². The molecule has 0 heterocycles. The molecule has 0 aliphatic heterocycles. The molecule has 0 rings (SSSR count). The van der Waals surface area contributed by atoms with Crippen LogP contribution in [0, 0.1) is 0 Å². The van der Waals surface area contributed by atoms with Gasteiger partial charge in [0.25, 0.3) is 0 Å². The third kappa shape index (κ3) is 2.46. The van der Waals surface area contributed by atoms with Gasteiger partial charge in [-0.3, -0.25) is 0 Å². The SMILES string of the molecule is CSC(/C=N/O)=N/O. The van der Waals surface area contributed by atoms with Crippen molar-refractivity contribution in [2.45, 2.75) is 0 Å². The second-order valence-electron chi connectivity index (χ2n) is 0.887. The first kappa shape index (κ1) is 7.29. The van der Waals surface area contributed by atoms with Crippen LogP contribution in [0.15, 0.2) is 10.3 Å². The molecule has 0 amide bonds. The minimum atomic E-state index is 0.271. The average Bonchev–Trinajstić information content (AvgIpc) is 1.83. The lowest BCUT2D eigenvalue weighted by molar-refractivity contribution is 0.317. The maximum absolute atomic E-state index is 8.02. The van der Waals surface area contributed by atoms with E-state index in [-0.39, 0.29) is 5.04 Å². The summed E-state index contributed by atoms with van der Waals surface area (Å²) in [6, 6.07) is 0. The maximum atomic E-state index is 8.02. The Labute approximate surface area is 50.9 Å². The summed E-state index contributed by atoms with van der Waals surface area (Å²) in [7, 11) is 0. The zero-order chi connectivity index (χ0) is 6.41. The van der Waals surface area contributed by atoms with Crippen molar-refractivity contribution in [1.29, 1.82) is 0 Å². The summed E-state index contributed by atoms with van der Waals surface area (Å²) < 4.78 is 0. The van der Waals surface area contributed by atoms with E-state index in [1.165, 1.54) is 11.8 Å². The van der Waals surface area contributed by atoms with Gasteiger partial charge >= 0.3 is 0 Å². The van der Waals surface area contributed by atoms with Crippen LogP contribution in [0.5, 0.6) is 0 Å². The van der Waals surface area contributed by atoms with Crippen molar-refractivity contribution in [2.75, 3.05) is 6.26 Å². The zero-order valence-electron chi connectivity index (χ0n) is 4.27. The van der Waals surface area contributed by atoms with Crippen LogP contribution in [-0.4, -0.2) is 27.9 Å². The Morgan fingerprint density at radius 2 is 2.25 bits per heavy atom. The summed E-state index contributed by atoms with van der Waals surface area (Å²) >= 11 is 1.19. The first-order valence-corrected chi connectivity index (χ1v) is 3.01. The van der Waals surface area contributed by atoms with Gasteiger partial charge in [0, 0.05) is 0 Å². The summed E-state index contributed by atoms with van der Waals surface area (Å²) in [6.45, 7) is 0. The summed E-state index contributed by atoms with van der Waals surface area (Å²) in [5.41, 5.74) is 0. The Bertz CT molecular complexity index is 109. The Morgan fingerprint density at radius 1 is 1.62 bits per heavy atom. The smallest absolute Gasteiger partial charge is 0.157 e.